The molecule has 0 amide bonds. The molecule has 0 aromatic carbocycles. The fourth-order valence-corrected chi connectivity index (χ4v) is 0. The predicted molar refractivity (Wildman–Crippen MR) is 10.4 cm³/mol. The van der Waals surface area contributed by atoms with Crippen molar-refractivity contribution in [3.8, 4) is 0 Å². The van der Waals surface area contributed by atoms with Crippen LogP contribution in [0.4, 0.5) is 0 Å². The average Bonchev–Trinajstić information content (AvgIpc) is 0. The van der Waals surface area contributed by atoms with Gasteiger partial charge in [-0.2, -0.15) is 13.5 Å². The van der Waals surface area contributed by atoms with Crippen LogP contribution in [-0.2, 0) is 53.7 Å². The van der Waals surface area contributed by atoms with E-state index in [0.717, 1.165) is 0 Å². The summed E-state index contributed by atoms with van der Waals surface area (Å²) >= 11 is 0. The Morgan fingerprint density at radius 3 is 1.00 bits per heavy atom. The molecule has 0 aliphatic carbocycles. The molecule has 0 saturated heterocycles. The van der Waals surface area contributed by atoms with Gasteiger partial charge in [0.25, 0.3) is 0 Å². The Bertz CT molecular complexity index is 8.00. The van der Waals surface area contributed by atoms with Crippen molar-refractivity contribution in [3.05, 3.63) is 0 Å². The van der Waals surface area contributed by atoms with E-state index in [0.29, 0.717) is 0 Å². The summed E-state index contributed by atoms with van der Waals surface area (Å²) in [6.07, 6.45) is 0. The zero-order valence-electron chi connectivity index (χ0n) is 1.47. The van der Waals surface area contributed by atoms with Crippen molar-refractivity contribution in [2.24, 2.45) is 0 Å². The molecule has 0 bridgehead atoms. The third kappa shape index (κ3) is 8.99. The zero-order chi connectivity index (χ0) is 0. The topological polar surface area (TPSA) is 0 Å². The summed E-state index contributed by atoms with van der Waals surface area (Å²) < 4.78 is 0. The molecule has 0 heterocycles. The molecule has 0 N–H and O–H groups in total. The van der Waals surface area contributed by atoms with Gasteiger partial charge in [-0.05, 0) is 0 Å². The Hall–Kier alpha value is 2.01. The number of hydrogen-bond acceptors (Lipinski definition) is 0. The van der Waals surface area contributed by atoms with Crippen molar-refractivity contribution in [2.75, 3.05) is 0 Å². The first-order valence-corrected chi connectivity index (χ1v) is 0. The molecule has 37 valence electrons. The zero-order valence-corrected chi connectivity index (χ0v) is 6.05. The molecule has 0 aromatic heterocycles. The van der Waals surface area contributed by atoms with Crippen molar-refractivity contribution < 1.29 is 53.7 Å². The first kappa shape index (κ1) is 37.3. The first-order valence-electron chi connectivity index (χ1n) is 0. The molecule has 0 saturated carbocycles. The third-order valence-electron chi connectivity index (χ3n) is 0. The second-order valence-corrected chi connectivity index (χ2v) is 0. The van der Waals surface area contributed by atoms with Crippen LogP contribution in [0.15, 0.2) is 0 Å². The van der Waals surface area contributed by atoms with Crippen LogP contribution in [0.2, 0.25) is 0 Å². The van der Waals surface area contributed by atoms with Crippen molar-refractivity contribution in [3.63, 3.8) is 0 Å². The maximum Gasteiger partial charge on any atom is 0 e. The Morgan fingerprint density at radius 2 is 1.00 bits per heavy atom. The fraction of sp³-hybridized carbons (Fsp3) is 0. The molecule has 1 radical (unpaired) electrons. The van der Waals surface area contributed by atoms with Gasteiger partial charge in [-0.1, -0.05) is 0 Å². The quantitative estimate of drug-likeness (QED) is 0.541. The van der Waals surface area contributed by atoms with Crippen molar-refractivity contribution >= 4 is 13.5 Å². The predicted octanol–water partition coefficient (Wildman–Crippen LogP) is 0.105. The summed E-state index contributed by atoms with van der Waals surface area (Å²) in [6, 6.07) is 0. The van der Waals surface area contributed by atoms with Gasteiger partial charge in [0.05, 0.1) is 0 Å². The van der Waals surface area contributed by atoms with E-state index in [2.05, 4.69) is 0 Å². The monoisotopic (exact) mass is 257 g/mol. The van der Waals surface area contributed by atoms with Gasteiger partial charge in [0.2, 0.25) is 0 Å². The molecule has 4 heavy (non-hydrogen) atoms. The van der Waals surface area contributed by atoms with Crippen LogP contribution in [0.1, 0.15) is 0 Å². The van der Waals surface area contributed by atoms with E-state index >= 15 is 0 Å². The van der Waals surface area contributed by atoms with Gasteiger partial charge in [-0.3, -0.25) is 0 Å². The maximum atomic E-state index is 0. The van der Waals surface area contributed by atoms with E-state index in [9.17, 15) is 0 Å². The molecule has 0 spiro atoms. The van der Waals surface area contributed by atoms with Crippen LogP contribution >= 0.6 is 13.5 Å². The second kappa shape index (κ2) is 19.9. The normalized spacial score (nSPS) is 0. The minimum absolute atomic E-state index is 0. The van der Waals surface area contributed by atoms with Gasteiger partial charge in [0.1, 0.15) is 0 Å². The van der Waals surface area contributed by atoms with Gasteiger partial charge in [0, 0.05) is 53.7 Å². The maximum absolute atomic E-state index is 0. The molecular formula is H2CoNiPdS. The van der Waals surface area contributed by atoms with Crippen LogP contribution in [-0.4, -0.2) is 0 Å². The average molecular weight is 258 g/mol. The Kier molecular flexibility index (Phi) is 186. The molecule has 0 aliphatic heterocycles. The first-order chi connectivity index (χ1) is 0. The summed E-state index contributed by atoms with van der Waals surface area (Å²) in [5.41, 5.74) is 0. The van der Waals surface area contributed by atoms with Crippen LogP contribution in [0.5, 0.6) is 0 Å². The summed E-state index contributed by atoms with van der Waals surface area (Å²) in [5, 5.41) is 0. The largest absolute Gasteiger partial charge is 0.197 e. The summed E-state index contributed by atoms with van der Waals surface area (Å²) in [4.78, 5) is 0. The molecule has 0 fully saturated rings. The van der Waals surface area contributed by atoms with Crippen molar-refractivity contribution in [2.45, 2.75) is 0 Å². The van der Waals surface area contributed by atoms with E-state index in [1.807, 2.05) is 0 Å². The molecule has 0 nitrogen and oxygen atoms in total. The molecule has 0 aromatic rings. The SMILES string of the molecule is S.[Co].[Ni].[Pd]. The van der Waals surface area contributed by atoms with Crippen LogP contribution in [0, 0.1) is 0 Å². The van der Waals surface area contributed by atoms with Crippen LogP contribution < -0.4 is 0 Å². The molecule has 0 aliphatic rings. The molecule has 0 atom stereocenters. The Labute approximate surface area is 66.7 Å². The Balaban J connectivity index is 0. The van der Waals surface area contributed by atoms with Crippen molar-refractivity contribution in [1.82, 2.24) is 0 Å². The van der Waals surface area contributed by atoms with E-state index in [4.69, 9.17) is 0 Å². The summed E-state index contributed by atoms with van der Waals surface area (Å²) in [6.45, 7) is 0. The fourth-order valence-electron chi connectivity index (χ4n) is 0. The molecule has 0 unspecified atom stereocenters. The second-order valence-electron chi connectivity index (χ2n) is 0. The van der Waals surface area contributed by atoms with E-state index in [1.165, 1.54) is 0 Å². The number of rotatable bonds is 0. The number of hydrogen-bond donors (Lipinski definition) is 0. The van der Waals surface area contributed by atoms with Crippen molar-refractivity contribution in [1.29, 1.82) is 0 Å². The summed E-state index contributed by atoms with van der Waals surface area (Å²) in [5.74, 6) is 0. The van der Waals surface area contributed by atoms with E-state index < -0.39 is 0 Å². The molecular weight excluding hydrogens is 256 g/mol. The molecule has 0 rings (SSSR count). The minimum Gasteiger partial charge on any atom is -0.197 e. The molecule has 4 heteroatoms. The van der Waals surface area contributed by atoms with E-state index in [1.54, 1.807) is 0 Å². The smallest absolute Gasteiger partial charge is 0 e. The van der Waals surface area contributed by atoms with Gasteiger partial charge < -0.3 is 0 Å². The Morgan fingerprint density at radius 1 is 1.00 bits per heavy atom. The van der Waals surface area contributed by atoms with E-state index in [-0.39, 0.29) is 67.2 Å². The van der Waals surface area contributed by atoms with Gasteiger partial charge in [0.15, 0.2) is 0 Å². The van der Waals surface area contributed by atoms with Crippen LogP contribution in [0.3, 0.4) is 0 Å². The van der Waals surface area contributed by atoms with Gasteiger partial charge in [-0.15, -0.1) is 0 Å². The van der Waals surface area contributed by atoms with Gasteiger partial charge in [-0.25, -0.2) is 0 Å². The minimum atomic E-state index is 0. The van der Waals surface area contributed by atoms with Crippen LogP contribution in [0.25, 0.3) is 0 Å². The van der Waals surface area contributed by atoms with Gasteiger partial charge >= 0.3 is 0 Å². The standard InChI is InChI=1S/Co.Ni.Pd.H2S/h;;;1H2. The third-order valence-corrected chi connectivity index (χ3v) is 0. The summed E-state index contributed by atoms with van der Waals surface area (Å²) in [7, 11) is 0.